The van der Waals surface area contributed by atoms with Gasteiger partial charge in [-0.1, -0.05) is 71.4 Å². The first-order chi connectivity index (χ1) is 13.4. The molecule has 0 radical (unpaired) electrons. The van der Waals surface area contributed by atoms with E-state index in [0.717, 1.165) is 17.3 Å². The lowest BCUT2D eigenvalue weighted by atomic mass is 10.1. The number of halogens is 2. The number of amides is 1. The Bertz CT molecular complexity index is 1030. The first-order valence-corrected chi connectivity index (χ1v) is 10.2. The van der Waals surface area contributed by atoms with E-state index in [-0.39, 0.29) is 17.2 Å². The predicted octanol–water partition coefficient (Wildman–Crippen LogP) is 4.71. The number of anilines is 1. The Morgan fingerprint density at radius 1 is 1.11 bits per heavy atom. The number of carbonyl (C=O) groups excluding carboxylic acids is 1. The van der Waals surface area contributed by atoms with Gasteiger partial charge in [0.1, 0.15) is 0 Å². The molecule has 8 heteroatoms. The molecule has 3 rings (SSSR count). The van der Waals surface area contributed by atoms with Crippen LogP contribution >= 0.6 is 35.0 Å². The lowest BCUT2D eigenvalue weighted by molar-refractivity contribution is -0.113. The number of carbonyl (C=O) groups is 1. The van der Waals surface area contributed by atoms with Crippen LogP contribution < -0.4 is 10.9 Å². The zero-order valence-corrected chi connectivity index (χ0v) is 17.3. The number of hydrogen-bond donors (Lipinski definition) is 2. The minimum Gasteiger partial charge on any atom is -0.323 e. The fourth-order valence-corrected chi connectivity index (χ4v) is 3.79. The summed E-state index contributed by atoms with van der Waals surface area (Å²) in [7, 11) is 0. The lowest BCUT2D eigenvalue weighted by Gasteiger charge is -2.09. The zero-order chi connectivity index (χ0) is 20.1. The molecule has 1 aromatic heterocycles. The zero-order valence-electron chi connectivity index (χ0n) is 15.0. The molecule has 0 saturated carbocycles. The molecular weight excluding hydrogens is 417 g/mol. The highest BCUT2D eigenvalue weighted by atomic mass is 35.5. The smallest absolute Gasteiger partial charge is 0.255 e. The van der Waals surface area contributed by atoms with Gasteiger partial charge in [-0.05, 0) is 24.6 Å². The highest BCUT2D eigenvalue weighted by molar-refractivity contribution is 7.99. The van der Waals surface area contributed by atoms with E-state index in [1.807, 2.05) is 30.3 Å². The number of thioether (sulfide) groups is 1. The van der Waals surface area contributed by atoms with Crippen molar-refractivity contribution in [2.45, 2.75) is 18.5 Å². The first-order valence-electron chi connectivity index (χ1n) is 8.44. The Hall–Kier alpha value is -2.28. The van der Waals surface area contributed by atoms with Gasteiger partial charge in [-0.2, -0.15) is 0 Å². The van der Waals surface area contributed by atoms with Crippen LogP contribution in [0.4, 0.5) is 5.69 Å². The molecule has 0 fully saturated rings. The van der Waals surface area contributed by atoms with Gasteiger partial charge in [0.05, 0.1) is 21.5 Å². The van der Waals surface area contributed by atoms with Crippen LogP contribution in [0, 0.1) is 6.92 Å². The van der Waals surface area contributed by atoms with Gasteiger partial charge in [0.2, 0.25) is 5.91 Å². The summed E-state index contributed by atoms with van der Waals surface area (Å²) in [4.78, 5) is 31.8. The van der Waals surface area contributed by atoms with Gasteiger partial charge in [0, 0.05) is 17.7 Å². The van der Waals surface area contributed by atoms with Crippen molar-refractivity contribution in [2.75, 3.05) is 11.1 Å². The second kappa shape index (κ2) is 9.28. The average molecular weight is 434 g/mol. The molecule has 144 valence electrons. The van der Waals surface area contributed by atoms with Gasteiger partial charge in [-0.25, -0.2) is 4.98 Å². The molecule has 0 bridgehead atoms. The molecule has 1 amide bonds. The van der Waals surface area contributed by atoms with Gasteiger partial charge in [-0.3, -0.25) is 9.59 Å². The van der Waals surface area contributed by atoms with E-state index in [1.165, 1.54) is 0 Å². The SMILES string of the molecule is Cc1nc(SCC(=O)Nc2c(Cl)cccc2Cl)[nH]c(=O)c1Cc1ccccc1. The van der Waals surface area contributed by atoms with Crippen molar-refractivity contribution in [1.82, 2.24) is 9.97 Å². The number of aryl methyl sites for hydroxylation is 1. The number of hydrogen-bond acceptors (Lipinski definition) is 4. The molecule has 0 aliphatic rings. The molecule has 5 nitrogen and oxygen atoms in total. The number of H-pyrrole nitrogens is 1. The van der Waals surface area contributed by atoms with Crippen LogP contribution in [-0.2, 0) is 11.2 Å². The third kappa shape index (κ3) is 5.16. The molecule has 0 aliphatic heterocycles. The summed E-state index contributed by atoms with van der Waals surface area (Å²) in [5, 5.41) is 3.79. The van der Waals surface area contributed by atoms with Crippen LogP contribution in [0.25, 0.3) is 0 Å². The highest BCUT2D eigenvalue weighted by Crippen LogP contribution is 2.30. The lowest BCUT2D eigenvalue weighted by Crippen LogP contribution is -2.19. The number of para-hydroxylation sites is 1. The Balaban J connectivity index is 1.66. The molecule has 0 atom stereocenters. The van der Waals surface area contributed by atoms with E-state index < -0.39 is 0 Å². The molecule has 0 saturated heterocycles. The maximum atomic E-state index is 12.4. The van der Waals surface area contributed by atoms with E-state index in [4.69, 9.17) is 23.2 Å². The molecule has 0 unspecified atom stereocenters. The van der Waals surface area contributed by atoms with Gasteiger partial charge in [0.25, 0.3) is 5.56 Å². The largest absolute Gasteiger partial charge is 0.323 e. The second-order valence-corrected chi connectivity index (χ2v) is 7.81. The number of aromatic amines is 1. The van der Waals surface area contributed by atoms with Crippen LogP contribution in [0.1, 0.15) is 16.8 Å². The van der Waals surface area contributed by atoms with E-state index in [2.05, 4.69) is 15.3 Å². The number of benzene rings is 2. The fraction of sp³-hybridized carbons (Fsp3) is 0.150. The summed E-state index contributed by atoms with van der Waals surface area (Å²) in [5.41, 5.74) is 2.46. The Morgan fingerprint density at radius 2 is 1.79 bits per heavy atom. The standard InChI is InChI=1S/C20H17Cl2N3O2S/c1-12-14(10-13-6-3-2-4-7-13)19(27)25-20(23-12)28-11-17(26)24-18-15(21)8-5-9-16(18)22/h2-9H,10-11H2,1H3,(H,24,26)(H,23,25,27). The van der Waals surface area contributed by atoms with Crippen molar-refractivity contribution >= 4 is 46.6 Å². The Kier molecular flexibility index (Phi) is 6.78. The predicted molar refractivity (Wildman–Crippen MR) is 115 cm³/mol. The van der Waals surface area contributed by atoms with Crippen molar-refractivity contribution in [1.29, 1.82) is 0 Å². The van der Waals surface area contributed by atoms with Crippen molar-refractivity contribution < 1.29 is 4.79 Å². The van der Waals surface area contributed by atoms with Gasteiger partial charge < -0.3 is 10.3 Å². The normalized spacial score (nSPS) is 10.7. The van der Waals surface area contributed by atoms with Gasteiger partial charge in [0.15, 0.2) is 5.16 Å². The maximum Gasteiger partial charge on any atom is 0.255 e. The summed E-state index contributed by atoms with van der Waals surface area (Å²) in [6.45, 7) is 1.79. The summed E-state index contributed by atoms with van der Waals surface area (Å²) < 4.78 is 0. The summed E-state index contributed by atoms with van der Waals surface area (Å²) in [6, 6.07) is 14.7. The van der Waals surface area contributed by atoms with E-state index in [0.29, 0.717) is 38.6 Å². The van der Waals surface area contributed by atoms with Crippen LogP contribution in [0.3, 0.4) is 0 Å². The number of nitrogens with one attached hydrogen (secondary N) is 2. The summed E-state index contributed by atoms with van der Waals surface area (Å²) in [6.07, 6.45) is 0.505. The number of nitrogens with zero attached hydrogens (tertiary/aromatic N) is 1. The highest BCUT2D eigenvalue weighted by Gasteiger charge is 2.13. The topological polar surface area (TPSA) is 74.8 Å². The Labute approximate surface area is 176 Å². The van der Waals surface area contributed by atoms with Crippen molar-refractivity contribution in [3.05, 3.63) is 85.8 Å². The molecule has 28 heavy (non-hydrogen) atoms. The van der Waals surface area contributed by atoms with Crippen molar-refractivity contribution in [3.63, 3.8) is 0 Å². The van der Waals surface area contributed by atoms with Crippen LogP contribution in [0.5, 0.6) is 0 Å². The van der Waals surface area contributed by atoms with E-state index >= 15 is 0 Å². The fourth-order valence-electron chi connectivity index (χ4n) is 2.59. The number of rotatable bonds is 6. The second-order valence-electron chi connectivity index (χ2n) is 6.03. The molecule has 1 heterocycles. The van der Waals surface area contributed by atoms with E-state index in [1.54, 1.807) is 25.1 Å². The molecule has 2 N–H and O–H groups in total. The summed E-state index contributed by atoms with van der Waals surface area (Å²) in [5.74, 6) is -0.240. The first kappa shape index (κ1) is 20.5. The molecule has 0 aliphatic carbocycles. The molecule has 0 spiro atoms. The number of aromatic nitrogens is 2. The van der Waals surface area contributed by atoms with E-state index in [9.17, 15) is 9.59 Å². The van der Waals surface area contributed by atoms with Gasteiger partial charge in [-0.15, -0.1) is 0 Å². The summed E-state index contributed by atoms with van der Waals surface area (Å²) >= 11 is 13.2. The van der Waals surface area contributed by atoms with Crippen molar-refractivity contribution in [2.24, 2.45) is 0 Å². The third-order valence-electron chi connectivity index (χ3n) is 3.99. The van der Waals surface area contributed by atoms with Crippen LogP contribution in [-0.4, -0.2) is 21.6 Å². The van der Waals surface area contributed by atoms with Crippen LogP contribution in [0.2, 0.25) is 10.0 Å². The van der Waals surface area contributed by atoms with Gasteiger partial charge >= 0.3 is 0 Å². The van der Waals surface area contributed by atoms with Crippen molar-refractivity contribution in [3.8, 4) is 0 Å². The molecular formula is C20H17Cl2N3O2S. The average Bonchev–Trinajstić information content (AvgIpc) is 2.67. The van der Waals surface area contributed by atoms with Crippen LogP contribution in [0.15, 0.2) is 58.5 Å². The Morgan fingerprint density at radius 3 is 2.43 bits per heavy atom. The monoisotopic (exact) mass is 433 g/mol. The molecule has 3 aromatic rings. The third-order valence-corrected chi connectivity index (χ3v) is 5.49. The minimum atomic E-state index is -0.298. The maximum absolute atomic E-state index is 12.4. The molecule has 2 aromatic carbocycles. The minimum absolute atomic E-state index is 0.0575. The quantitative estimate of drug-likeness (QED) is 0.436.